The van der Waals surface area contributed by atoms with E-state index in [0.29, 0.717) is 26.0 Å². The van der Waals surface area contributed by atoms with E-state index in [4.69, 9.17) is 20.8 Å². The van der Waals surface area contributed by atoms with Gasteiger partial charge in [-0.2, -0.15) is 0 Å². The molecule has 1 aliphatic heterocycles. The smallest absolute Gasteiger partial charge is 0.291 e. The Labute approximate surface area is 202 Å². The molecule has 1 amide bonds. The molecule has 2 heterocycles. The molecule has 3 aromatic carbocycles. The van der Waals surface area contributed by atoms with Gasteiger partial charge in [0.2, 0.25) is 5.76 Å². The van der Waals surface area contributed by atoms with Crippen LogP contribution in [-0.2, 0) is 6.54 Å². The number of fused-ring (bicyclic) bond motifs is 2. The molecule has 0 aliphatic carbocycles. The third-order valence-corrected chi connectivity index (χ3v) is 6.73. The minimum Gasteiger partial charge on any atom is -0.503 e. The van der Waals surface area contributed by atoms with Gasteiger partial charge in [-0.15, -0.1) is 0 Å². The van der Waals surface area contributed by atoms with Gasteiger partial charge in [0.1, 0.15) is 5.58 Å². The molecule has 1 aliphatic rings. The van der Waals surface area contributed by atoms with E-state index < -0.39 is 11.9 Å². The molecule has 166 valence electrons. The molecule has 1 aromatic heterocycles. The fourth-order valence-corrected chi connectivity index (χ4v) is 4.85. The Kier molecular flexibility index (Phi) is 5.38. The first kappa shape index (κ1) is 21.6. The topological polar surface area (TPSA) is 80.0 Å². The Morgan fingerprint density at radius 3 is 2.61 bits per heavy atom. The number of para-hydroxylation sites is 1. The number of benzene rings is 3. The van der Waals surface area contributed by atoms with E-state index in [9.17, 15) is 14.7 Å². The van der Waals surface area contributed by atoms with Crippen LogP contribution in [0.25, 0.3) is 11.0 Å². The minimum atomic E-state index is -0.768. The first-order chi connectivity index (χ1) is 15.9. The molecule has 5 rings (SSSR count). The molecule has 33 heavy (non-hydrogen) atoms. The fourth-order valence-electron chi connectivity index (χ4n) is 4.19. The Morgan fingerprint density at radius 2 is 1.85 bits per heavy atom. The van der Waals surface area contributed by atoms with Crippen LogP contribution in [0.5, 0.6) is 11.5 Å². The maximum Gasteiger partial charge on any atom is 0.291 e. The van der Waals surface area contributed by atoms with Gasteiger partial charge in [-0.05, 0) is 57.4 Å². The number of amides is 1. The summed E-state index contributed by atoms with van der Waals surface area (Å²) in [6.07, 6.45) is 0. The second kappa shape index (κ2) is 8.24. The number of phenolic OH excluding ortho intramolecular Hbond substituents is 1. The number of hydrogen-bond donors (Lipinski definition) is 1. The lowest BCUT2D eigenvalue weighted by atomic mass is 9.97. The number of rotatable bonds is 4. The zero-order chi connectivity index (χ0) is 23.3. The summed E-state index contributed by atoms with van der Waals surface area (Å²) in [5.41, 5.74) is 1.61. The monoisotopic (exact) mass is 525 g/mol. The molecule has 0 radical (unpaired) electrons. The third-order valence-electron chi connectivity index (χ3n) is 5.76. The third kappa shape index (κ3) is 3.48. The SMILES string of the molecule is COc1cc([C@H]2c3c(oc4ccccc4c3=O)C(=O)N2Cc2ccccc2Cl)cc(Br)c1O. The zero-order valence-electron chi connectivity index (χ0n) is 17.3. The summed E-state index contributed by atoms with van der Waals surface area (Å²) in [6.45, 7) is 0.157. The molecule has 0 bridgehead atoms. The normalized spacial score (nSPS) is 15.2. The summed E-state index contributed by atoms with van der Waals surface area (Å²) in [6, 6.07) is 16.6. The largest absolute Gasteiger partial charge is 0.503 e. The predicted octanol–water partition coefficient (Wildman–Crippen LogP) is 5.67. The lowest BCUT2D eigenvalue weighted by Gasteiger charge is -2.26. The van der Waals surface area contributed by atoms with Crippen LogP contribution < -0.4 is 10.2 Å². The Balaban J connectivity index is 1.77. The lowest BCUT2D eigenvalue weighted by molar-refractivity contribution is 0.0714. The molecule has 1 N–H and O–H groups in total. The van der Waals surface area contributed by atoms with E-state index in [2.05, 4.69) is 15.9 Å². The van der Waals surface area contributed by atoms with Crippen LogP contribution in [0.4, 0.5) is 0 Å². The first-order valence-corrected chi connectivity index (χ1v) is 11.2. The number of nitrogens with zero attached hydrogens (tertiary/aromatic N) is 1. The van der Waals surface area contributed by atoms with Crippen LogP contribution in [0.2, 0.25) is 5.02 Å². The van der Waals surface area contributed by atoms with Gasteiger partial charge in [-0.25, -0.2) is 0 Å². The van der Waals surface area contributed by atoms with Gasteiger partial charge >= 0.3 is 0 Å². The van der Waals surface area contributed by atoms with Crippen molar-refractivity contribution in [2.24, 2.45) is 0 Å². The number of aromatic hydroxyl groups is 1. The average molecular weight is 527 g/mol. The molecule has 8 heteroatoms. The van der Waals surface area contributed by atoms with Gasteiger partial charge in [0.15, 0.2) is 16.9 Å². The molecular formula is C25H17BrClNO5. The van der Waals surface area contributed by atoms with Gasteiger partial charge in [0, 0.05) is 11.6 Å². The molecule has 4 aromatic rings. The molecule has 6 nitrogen and oxygen atoms in total. The number of hydrogen-bond acceptors (Lipinski definition) is 5. The summed E-state index contributed by atoms with van der Waals surface area (Å²) in [5, 5.41) is 11.2. The van der Waals surface area contributed by atoms with Crippen LogP contribution in [-0.4, -0.2) is 23.0 Å². The van der Waals surface area contributed by atoms with Crippen molar-refractivity contribution < 1.29 is 19.1 Å². The molecule has 0 fully saturated rings. The van der Waals surface area contributed by atoms with Crippen molar-refractivity contribution in [3.8, 4) is 11.5 Å². The number of carbonyl (C=O) groups is 1. The van der Waals surface area contributed by atoms with Gasteiger partial charge in [0.25, 0.3) is 5.91 Å². The highest BCUT2D eigenvalue weighted by atomic mass is 79.9. The van der Waals surface area contributed by atoms with Crippen LogP contribution >= 0.6 is 27.5 Å². The summed E-state index contributed by atoms with van der Waals surface area (Å²) in [5.74, 6) is -0.281. The van der Waals surface area contributed by atoms with Crippen LogP contribution in [0, 0.1) is 0 Å². The van der Waals surface area contributed by atoms with Crippen molar-refractivity contribution in [1.82, 2.24) is 4.90 Å². The van der Waals surface area contributed by atoms with Gasteiger partial charge < -0.3 is 19.2 Å². The minimum absolute atomic E-state index is 0.00100. The second-order valence-corrected chi connectivity index (χ2v) is 8.91. The molecule has 0 unspecified atom stereocenters. The average Bonchev–Trinajstić information content (AvgIpc) is 3.09. The molecule has 1 atom stereocenters. The molecule has 0 saturated carbocycles. The fraction of sp³-hybridized carbons (Fsp3) is 0.120. The van der Waals surface area contributed by atoms with Crippen molar-refractivity contribution in [1.29, 1.82) is 0 Å². The highest BCUT2D eigenvalue weighted by molar-refractivity contribution is 9.10. The van der Waals surface area contributed by atoms with Crippen molar-refractivity contribution in [3.63, 3.8) is 0 Å². The van der Waals surface area contributed by atoms with Gasteiger partial charge in [-0.3, -0.25) is 9.59 Å². The standard InChI is InChI=1S/C25H17BrClNO5/c1-32-19-11-14(10-16(26)23(19)30)21-20-22(29)15-7-3-5-9-18(15)33-24(20)25(31)28(21)12-13-6-2-4-8-17(13)27/h2-11,21,30H,12H2,1H3/t21-/m0/s1. The maximum atomic E-state index is 13.6. The van der Waals surface area contributed by atoms with E-state index in [1.54, 1.807) is 47.4 Å². The van der Waals surface area contributed by atoms with Crippen molar-refractivity contribution in [3.05, 3.63) is 103 Å². The number of phenols is 1. The van der Waals surface area contributed by atoms with E-state index >= 15 is 0 Å². The van der Waals surface area contributed by atoms with Crippen LogP contribution in [0.15, 0.2) is 74.3 Å². The number of ether oxygens (including phenoxy) is 1. The Hall–Kier alpha value is -3.29. The summed E-state index contributed by atoms with van der Waals surface area (Å²) < 4.78 is 11.6. The highest BCUT2D eigenvalue weighted by Crippen LogP contribution is 2.44. The molecule has 0 spiro atoms. The van der Waals surface area contributed by atoms with E-state index in [1.165, 1.54) is 7.11 Å². The molecular weight excluding hydrogens is 510 g/mol. The van der Waals surface area contributed by atoms with Gasteiger partial charge in [0.05, 0.1) is 28.6 Å². The highest BCUT2D eigenvalue weighted by Gasteiger charge is 2.43. The predicted molar refractivity (Wildman–Crippen MR) is 128 cm³/mol. The van der Waals surface area contributed by atoms with Gasteiger partial charge in [-0.1, -0.05) is 41.9 Å². The summed E-state index contributed by atoms with van der Waals surface area (Å²) >= 11 is 9.72. The quantitative estimate of drug-likeness (QED) is 0.371. The number of methoxy groups -OCH3 is 1. The zero-order valence-corrected chi connectivity index (χ0v) is 19.7. The number of halogens is 2. The second-order valence-electron chi connectivity index (χ2n) is 7.65. The van der Waals surface area contributed by atoms with Crippen molar-refractivity contribution >= 4 is 44.4 Å². The summed E-state index contributed by atoms with van der Waals surface area (Å²) in [7, 11) is 1.43. The summed E-state index contributed by atoms with van der Waals surface area (Å²) in [4.78, 5) is 28.7. The van der Waals surface area contributed by atoms with Crippen molar-refractivity contribution in [2.45, 2.75) is 12.6 Å². The Morgan fingerprint density at radius 1 is 1.12 bits per heavy atom. The first-order valence-electron chi connectivity index (χ1n) is 10.1. The van der Waals surface area contributed by atoms with Crippen molar-refractivity contribution in [2.75, 3.05) is 7.11 Å². The lowest BCUT2D eigenvalue weighted by Crippen LogP contribution is -2.29. The van der Waals surface area contributed by atoms with Crippen LogP contribution in [0.3, 0.4) is 0 Å². The maximum absolute atomic E-state index is 13.6. The molecule has 0 saturated heterocycles. The van der Waals surface area contributed by atoms with Crippen LogP contribution in [0.1, 0.15) is 33.3 Å². The van der Waals surface area contributed by atoms with E-state index in [0.717, 1.165) is 5.56 Å². The Bertz CT molecular complexity index is 1480. The van der Waals surface area contributed by atoms with E-state index in [-0.39, 0.29) is 34.8 Å². The number of carbonyl (C=O) groups excluding carboxylic acids is 1. The van der Waals surface area contributed by atoms with E-state index in [1.807, 2.05) is 18.2 Å².